The molecule has 148 valence electrons. The molecule has 1 fully saturated rings. The van der Waals surface area contributed by atoms with Gasteiger partial charge in [-0.05, 0) is 51.3 Å². The molecule has 1 aromatic heterocycles. The second-order valence-corrected chi connectivity index (χ2v) is 8.81. The number of nitrogens with one attached hydrogen (secondary N) is 1. The van der Waals surface area contributed by atoms with Crippen molar-refractivity contribution in [1.82, 2.24) is 14.5 Å². The molecule has 1 aromatic carbocycles. The van der Waals surface area contributed by atoms with Crippen molar-refractivity contribution in [3.63, 3.8) is 0 Å². The van der Waals surface area contributed by atoms with Crippen molar-refractivity contribution in [1.29, 1.82) is 0 Å². The van der Waals surface area contributed by atoms with E-state index in [9.17, 15) is 8.42 Å². The van der Waals surface area contributed by atoms with E-state index in [1.807, 2.05) is 38.1 Å². The molecular formula is C19H27N3O4S. The van der Waals surface area contributed by atoms with Crippen molar-refractivity contribution < 1.29 is 17.9 Å². The molecule has 2 heterocycles. The number of aryl methyl sites for hydroxylation is 1. The first kappa shape index (κ1) is 19.9. The van der Waals surface area contributed by atoms with Crippen molar-refractivity contribution in [3.8, 4) is 5.75 Å². The molecule has 1 aliphatic heterocycles. The second kappa shape index (κ2) is 8.41. The van der Waals surface area contributed by atoms with Crippen LogP contribution in [0.15, 0.2) is 35.4 Å². The normalized spacial score (nSPS) is 17.6. The van der Waals surface area contributed by atoms with E-state index in [2.05, 4.69) is 9.82 Å². The van der Waals surface area contributed by atoms with Gasteiger partial charge in [0.1, 0.15) is 17.3 Å². The van der Waals surface area contributed by atoms with E-state index in [-0.39, 0.29) is 23.6 Å². The molecule has 7 nitrogen and oxygen atoms in total. The van der Waals surface area contributed by atoms with Crippen LogP contribution in [0, 0.1) is 6.92 Å². The number of ether oxygens (including phenoxy) is 2. The Balaban J connectivity index is 1.62. The summed E-state index contributed by atoms with van der Waals surface area (Å²) >= 11 is 0. The zero-order valence-corrected chi connectivity index (χ0v) is 16.8. The Morgan fingerprint density at radius 1 is 1.41 bits per heavy atom. The van der Waals surface area contributed by atoms with E-state index in [1.165, 1.54) is 0 Å². The summed E-state index contributed by atoms with van der Waals surface area (Å²) in [6.45, 7) is 7.11. The molecule has 0 radical (unpaired) electrons. The molecule has 1 atom stereocenters. The van der Waals surface area contributed by atoms with Crippen molar-refractivity contribution in [2.75, 3.05) is 13.2 Å². The molecule has 0 amide bonds. The summed E-state index contributed by atoms with van der Waals surface area (Å²) in [5, 5.41) is 4.27. The summed E-state index contributed by atoms with van der Waals surface area (Å²) in [5.74, 6) is 0.714. The van der Waals surface area contributed by atoms with Crippen LogP contribution in [0.1, 0.15) is 44.0 Å². The van der Waals surface area contributed by atoms with Gasteiger partial charge in [-0.3, -0.25) is 4.68 Å². The summed E-state index contributed by atoms with van der Waals surface area (Å²) in [6.07, 6.45) is 3.81. The minimum atomic E-state index is -3.63. The molecular weight excluding hydrogens is 366 g/mol. The first-order valence-electron chi connectivity index (χ1n) is 9.24. The Hall–Kier alpha value is -1.90. The molecule has 0 bridgehead atoms. The minimum absolute atomic E-state index is 0.102. The van der Waals surface area contributed by atoms with Gasteiger partial charge in [0.2, 0.25) is 10.0 Å². The third-order valence-electron chi connectivity index (χ3n) is 4.51. The quantitative estimate of drug-likeness (QED) is 0.746. The van der Waals surface area contributed by atoms with Crippen LogP contribution in [0.2, 0.25) is 0 Å². The number of aromatic nitrogens is 2. The highest BCUT2D eigenvalue weighted by Gasteiger charge is 2.21. The van der Waals surface area contributed by atoms with Gasteiger partial charge in [0.25, 0.3) is 0 Å². The maximum absolute atomic E-state index is 12.6. The van der Waals surface area contributed by atoms with Crippen molar-refractivity contribution in [2.24, 2.45) is 0 Å². The first-order chi connectivity index (χ1) is 12.8. The van der Waals surface area contributed by atoms with Crippen LogP contribution >= 0.6 is 0 Å². The summed E-state index contributed by atoms with van der Waals surface area (Å²) < 4.78 is 40.9. The maximum Gasteiger partial charge on any atom is 0.244 e. The average molecular weight is 394 g/mol. The Kier molecular flexibility index (Phi) is 6.18. The van der Waals surface area contributed by atoms with Crippen LogP contribution in [-0.4, -0.2) is 37.5 Å². The Bertz CT molecular complexity index is 871. The molecule has 1 N–H and O–H groups in total. The standard InChI is InChI=1S/C19H27N3O4S/c1-14(2)22-12-19(15(3)21-22)27(23,24)20-11-16-6-4-7-17(10-16)26-13-18-8-5-9-25-18/h4,6-7,10,12,14,18,20H,5,8-9,11,13H2,1-3H3/t18-/m0/s1. The van der Waals surface area contributed by atoms with Crippen LogP contribution in [-0.2, 0) is 21.3 Å². The monoisotopic (exact) mass is 393 g/mol. The number of hydrogen-bond acceptors (Lipinski definition) is 5. The fourth-order valence-corrected chi connectivity index (χ4v) is 4.15. The molecule has 1 saturated heterocycles. The fourth-order valence-electron chi connectivity index (χ4n) is 2.96. The van der Waals surface area contributed by atoms with E-state index in [1.54, 1.807) is 17.8 Å². The van der Waals surface area contributed by atoms with Gasteiger partial charge in [-0.1, -0.05) is 12.1 Å². The average Bonchev–Trinajstić information content (AvgIpc) is 3.28. The van der Waals surface area contributed by atoms with Gasteiger partial charge in [0.15, 0.2) is 0 Å². The van der Waals surface area contributed by atoms with Gasteiger partial charge >= 0.3 is 0 Å². The molecule has 8 heteroatoms. The lowest BCUT2D eigenvalue weighted by molar-refractivity contribution is 0.0679. The Labute approximate surface area is 160 Å². The number of nitrogens with zero attached hydrogens (tertiary/aromatic N) is 2. The zero-order valence-electron chi connectivity index (χ0n) is 16.0. The first-order valence-corrected chi connectivity index (χ1v) is 10.7. The van der Waals surface area contributed by atoms with Gasteiger partial charge in [-0.25, -0.2) is 13.1 Å². The van der Waals surface area contributed by atoms with Gasteiger partial charge in [0, 0.05) is 25.4 Å². The zero-order chi connectivity index (χ0) is 19.4. The lowest BCUT2D eigenvalue weighted by Gasteiger charge is -2.12. The van der Waals surface area contributed by atoms with E-state index < -0.39 is 10.0 Å². The van der Waals surface area contributed by atoms with Crippen LogP contribution in [0.5, 0.6) is 5.75 Å². The number of benzene rings is 1. The molecule has 2 aromatic rings. The van der Waals surface area contributed by atoms with E-state index in [0.717, 1.165) is 25.0 Å². The lowest BCUT2D eigenvalue weighted by atomic mass is 10.2. The lowest BCUT2D eigenvalue weighted by Crippen LogP contribution is -2.23. The smallest absolute Gasteiger partial charge is 0.244 e. The van der Waals surface area contributed by atoms with Crippen LogP contribution in [0.4, 0.5) is 0 Å². The highest BCUT2D eigenvalue weighted by Crippen LogP contribution is 2.19. The number of hydrogen-bond donors (Lipinski definition) is 1. The highest BCUT2D eigenvalue weighted by atomic mass is 32.2. The van der Waals surface area contributed by atoms with Crippen LogP contribution in [0.25, 0.3) is 0 Å². The SMILES string of the molecule is Cc1nn(C(C)C)cc1S(=O)(=O)NCc1cccc(OC[C@@H]2CCCO2)c1. The van der Waals surface area contributed by atoms with Crippen molar-refractivity contribution >= 4 is 10.0 Å². The summed E-state index contributed by atoms with van der Waals surface area (Å²) in [7, 11) is -3.63. The number of sulfonamides is 1. The molecule has 0 spiro atoms. The molecule has 1 aliphatic rings. The van der Waals surface area contributed by atoms with E-state index in [0.29, 0.717) is 18.1 Å². The van der Waals surface area contributed by atoms with Gasteiger partial charge in [-0.15, -0.1) is 0 Å². The van der Waals surface area contributed by atoms with Gasteiger partial charge in [0.05, 0.1) is 11.8 Å². The van der Waals surface area contributed by atoms with Crippen molar-refractivity contribution in [2.45, 2.75) is 57.2 Å². The van der Waals surface area contributed by atoms with E-state index >= 15 is 0 Å². The predicted octanol–water partition coefficient (Wildman–Crippen LogP) is 2.81. The summed E-state index contributed by atoms with van der Waals surface area (Å²) in [4.78, 5) is 0.210. The molecule has 0 aliphatic carbocycles. The third-order valence-corrected chi connectivity index (χ3v) is 6.02. The minimum Gasteiger partial charge on any atom is -0.491 e. The second-order valence-electron chi connectivity index (χ2n) is 7.07. The third kappa shape index (κ3) is 5.09. The molecule has 27 heavy (non-hydrogen) atoms. The molecule has 0 unspecified atom stereocenters. The van der Waals surface area contributed by atoms with Crippen LogP contribution in [0.3, 0.4) is 0 Å². The number of rotatable bonds is 8. The van der Waals surface area contributed by atoms with Gasteiger partial charge in [-0.2, -0.15) is 5.10 Å². The highest BCUT2D eigenvalue weighted by molar-refractivity contribution is 7.89. The summed E-state index contributed by atoms with van der Waals surface area (Å²) in [6, 6.07) is 7.54. The maximum atomic E-state index is 12.6. The Morgan fingerprint density at radius 3 is 2.89 bits per heavy atom. The molecule has 0 saturated carbocycles. The van der Waals surface area contributed by atoms with Gasteiger partial charge < -0.3 is 9.47 Å². The summed E-state index contributed by atoms with van der Waals surface area (Å²) in [5.41, 5.74) is 1.32. The Morgan fingerprint density at radius 2 is 2.22 bits per heavy atom. The topological polar surface area (TPSA) is 82.5 Å². The largest absolute Gasteiger partial charge is 0.491 e. The van der Waals surface area contributed by atoms with E-state index in [4.69, 9.17) is 9.47 Å². The predicted molar refractivity (Wildman–Crippen MR) is 102 cm³/mol. The fraction of sp³-hybridized carbons (Fsp3) is 0.526. The molecule has 3 rings (SSSR count). The van der Waals surface area contributed by atoms with Crippen molar-refractivity contribution in [3.05, 3.63) is 41.7 Å². The van der Waals surface area contributed by atoms with Crippen LogP contribution < -0.4 is 9.46 Å².